The summed E-state index contributed by atoms with van der Waals surface area (Å²) in [5.74, 6) is -0.0647. The molecule has 3 aliphatic heterocycles. The average Bonchev–Trinajstić information content (AvgIpc) is 3.01. The highest BCUT2D eigenvalue weighted by atomic mass is 33.1. The van der Waals surface area contributed by atoms with Crippen molar-refractivity contribution < 1.29 is 54.1 Å². The first kappa shape index (κ1) is 33.3. The van der Waals surface area contributed by atoms with Crippen LogP contribution in [0.15, 0.2) is 18.2 Å². The Balaban J connectivity index is 1.48. The molecule has 0 aliphatic carbocycles. The summed E-state index contributed by atoms with van der Waals surface area (Å²) in [7, 11) is 3.15. The summed E-state index contributed by atoms with van der Waals surface area (Å²) in [5, 5.41) is 54.8. The van der Waals surface area contributed by atoms with Gasteiger partial charge in [-0.15, -0.1) is 0 Å². The lowest BCUT2D eigenvalue weighted by Gasteiger charge is -2.50. The topological polar surface area (TPSA) is 172 Å². The largest absolute Gasteiger partial charge is 0.506 e. The van der Waals surface area contributed by atoms with Crippen LogP contribution in [0.1, 0.15) is 59.4 Å². The molecule has 44 heavy (non-hydrogen) atoms. The number of aromatic carboxylic acids is 1. The van der Waals surface area contributed by atoms with Gasteiger partial charge in [-0.25, -0.2) is 4.79 Å². The summed E-state index contributed by atoms with van der Waals surface area (Å²) >= 11 is 0. The van der Waals surface area contributed by atoms with Gasteiger partial charge < -0.3 is 44.5 Å². The highest BCUT2D eigenvalue weighted by Gasteiger charge is 2.57. The van der Waals surface area contributed by atoms with Gasteiger partial charge >= 0.3 is 5.97 Å². The minimum absolute atomic E-state index is 0.0461. The lowest BCUT2D eigenvalue weighted by atomic mass is 9.74. The Morgan fingerprint density at radius 2 is 1.93 bits per heavy atom. The summed E-state index contributed by atoms with van der Waals surface area (Å²) in [6.07, 6.45) is -3.99. The van der Waals surface area contributed by atoms with E-state index in [4.69, 9.17) is 18.9 Å². The Bertz CT molecular complexity index is 1380. The molecule has 2 aromatic carbocycles. The fraction of sp³-hybridized carbons (Fsp3) is 0.613. The van der Waals surface area contributed by atoms with Crippen LogP contribution >= 0.6 is 21.6 Å². The lowest BCUT2D eigenvalue weighted by molar-refractivity contribution is -0.322. The van der Waals surface area contributed by atoms with Gasteiger partial charge in [-0.3, -0.25) is 4.79 Å². The van der Waals surface area contributed by atoms with Crippen LogP contribution in [-0.4, -0.2) is 99.0 Å². The van der Waals surface area contributed by atoms with Gasteiger partial charge in [0.15, 0.2) is 5.78 Å². The number of ether oxygens (including phenoxy) is 4. The molecule has 1 spiro atoms. The monoisotopic (exact) mass is 652 g/mol. The third kappa shape index (κ3) is 6.30. The van der Waals surface area contributed by atoms with E-state index < -0.39 is 54.3 Å². The minimum atomic E-state index is -1.67. The number of aromatic hydroxyl groups is 1. The minimum Gasteiger partial charge on any atom is -0.506 e. The molecule has 3 saturated heterocycles. The van der Waals surface area contributed by atoms with Gasteiger partial charge in [0.1, 0.15) is 41.4 Å². The van der Waals surface area contributed by atoms with Crippen molar-refractivity contribution in [1.29, 1.82) is 0 Å². The Kier molecular flexibility index (Phi) is 10.4. The maximum Gasteiger partial charge on any atom is 0.335 e. The van der Waals surface area contributed by atoms with Crippen molar-refractivity contribution in [2.75, 3.05) is 31.5 Å². The first-order valence-corrected chi connectivity index (χ1v) is 17.3. The van der Waals surface area contributed by atoms with E-state index in [1.54, 1.807) is 23.8 Å². The Hall–Kier alpha value is -2.10. The molecule has 11 nitrogen and oxygen atoms in total. The number of phenols is 1. The van der Waals surface area contributed by atoms with Gasteiger partial charge in [0.05, 0.1) is 29.7 Å². The van der Waals surface area contributed by atoms with Crippen molar-refractivity contribution in [3.05, 3.63) is 34.9 Å². The number of fused-ring (bicyclic) bond motifs is 2. The molecule has 3 aliphatic rings. The Labute approximate surface area is 263 Å². The van der Waals surface area contributed by atoms with Gasteiger partial charge in [-0.05, 0) is 73.9 Å². The molecule has 0 unspecified atom stereocenters. The van der Waals surface area contributed by atoms with E-state index >= 15 is 0 Å². The van der Waals surface area contributed by atoms with E-state index in [-0.39, 0.29) is 34.1 Å². The smallest absolute Gasteiger partial charge is 0.335 e. The second-order valence-corrected chi connectivity index (χ2v) is 14.5. The highest BCUT2D eigenvalue weighted by Crippen LogP contribution is 2.45. The number of aryl methyl sites for hydroxylation is 1. The number of phenolic OH excluding ortho intramolecular Hbond substituents is 1. The summed E-state index contributed by atoms with van der Waals surface area (Å²) in [4.78, 5) is 24.3. The quantitative estimate of drug-likeness (QED) is 0.234. The number of benzene rings is 2. The number of aliphatic hydroxyl groups is 3. The number of hydrogen-bond acceptors (Lipinski definition) is 12. The number of Topliss-reactive ketones (excluding diaryl/α,β-unsaturated/α-hetero) is 1. The second kappa shape index (κ2) is 13.7. The molecule has 5 rings (SSSR count). The van der Waals surface area contributed by atoms with Crippen molar-refractivity contribution in [2.45, 2.75) is 70.2 Å². The van der Waals surface area contributed by atoms with Gasteiger partial charge in [0.2, 0.25) is 6.29 Å². The molecule has 0 bridgehead atoms. The molecular formula is C31H40O11S2. The predicted octanol–water partition coefficient (Wildman–Crippen LogP) is 3.75. The zero-order chi connectivity index (χ0) is 31.8. The Morgan fingerprint density at radius 1 is 1.16 bits per heavy atom. The van der Waals surface area contributed by atoms with Crippen molar-refractivity contribution >= 4 is 44.1 Å². The predicted molar refractivity (Wildman–Crippen MR) is 165 cm³/mol. The summed E-state index contributed by atoms with van der Waals surface area (Å²) in [6, 6.07) is 4.07. The molecule has 0 radical (unpaired) electrons. The van der Waals surface area contributed by atoms with Gasteiger partial charge in [-0.2, -0.15) is 0 Å². The third-order valence-corrected chi connectivity index (χ3v) is 11.5. The van der Waals surface area contributed by atoms with Gasteiger partial charge in [0, 0.05) is 12.4 Å². The van der Waals surface area contributed by atoms with Crippen LogP contribution in [-0.2, 0) is 14.2 Å². The molecule has 242 valence electrons. The van der Waals surface area contributed by atoms with E-state index in [1.807, 2.05) is 0 Å². The highest BCUT2D eigenvalue weighted by molar-refractivity contribution is 8.76. The number of hydrogen-bond donors (Lipinski definition) is 5. The molecule has 2 aromatic rings. The van der Waals surface area contributed by atoms with Crippen molar-refractivity contribution in [1.82, 2.24) is 0 Å². The number of carbonyl (C=O) groups is 2. The van der Waals surface area contributed by atoms with Crippen LogP contribution in [0.5, 0.6) is 11.5 Å². The molecule has 3 fully saturated rings. The lowest BCUT2D eigenvalue weighted by Crippen LogP contribution is -2.69. The van der Waals surface area contributed by atoms with Gasteiger partial charge in [0.25, 0.3) is 0 Å². The summed E-state index contributed by atoms with van der Waals surface area (Å²) in [5.41, 5.74) is -1.12. The van der Waals surface area contributed by atoms with E-state index in [1.165, 1.54) is 23.8 Å². The molecule has 0 saturated carbocycles. The van der Waals surface area contributed by atoms with Crippen molar-refractivity contribution in [3.8, 4) is 11.5 Å². The van der Waals surface area contributed by atoms with Crippen LogP contribution < -0.4 is 4.74 Å². The van der Waals surface area contributed by atoms with Crippen molar-refractivity contribution in [3.63, 3.8) is 0 Å². The van der Waals surface area contributed by atoms with E-state index in [2.05, 4.69) is 6.92 Å². The second-order valence-electron chi connectivity index (χ2n) is 12.0. The maximum absolute atomic E-state index is 12.3. The fourth-order valence-electron chi connectivity index (χ4n) is 6.95. The number of carboxylic acids is 1. The third-order valence-electron chi connectivity index (χ3n) is 9.32. The number of rotatable bonds is 5. The van der Waals surface area contributed by atoms with Gasteiger partial charge in [-0.1, -0.05) is 34.6 Å². The van der Waals surface area contributed by atoms with Crippen LogP contribution in [0, 0.1) is 24.7 Å². The molecule has 0 amide bonds. The first-order valence-electron chi connectivity index (χ1n) is 14.8. The zero-order valence-corrected chi connectivity index (χ0v) is 26.6. The molecule has 3 heterocycles. The average molecular weight is 653 g/mol. The van der Waals surface area contributed by atoms with Crippen LogP contribution in [0.25, 0.3) is 10.8 Å². The Morgan fingerprint density at radius 3 is 2.64 bits per heavy atom. The fourth-order valence-corrected chi connectivity index (χ4v) is 9.06. The van der Waals surface area contributed by atoms with E-state index in [0.717, 1.165) is 18.2 Å². The molecule has 0 aromatic heterocycles. The first-order chi connectivity index (χ1) is 21.0. The standard InChI is InChI=1S/C31H40O11S2/c1-15-4-6-31(40-14-44-43-13-20-12-39-7-5-21(15)20)23(11-32)42-30(27(35)28(31)36)41-22-10-19(29(37)38)9-18-8-16(2)24(17(3)33)26(34)25(18)22/h8-10,15,20-21,23,27-28,30,32,34-36H,4-7,11-14H2,1-3H3,(H,37,38)/t15-,20+,21-,23-,27-,28-,30-,31-/m1/s1. The normalized spacial score (nSPS) is 33.4. The SMILES string of the molecule is CC(=O)c1c(C)cc2cc(C(=O)O)cc(O[C@@H]3O[C@H](CO)[C@]4(CC[C@@H](C)[C@H]5CCOC[C@H]5CSSCO4)[C@H](O)[C@H]3O)c2c1O. The van der Waals surface area contributed by atoms with E-state index in [9.17, 15) is 35.1 Å². The van der Waals surface area contributed by atoms with Crippen LogP contribution in [0.2, 0.25) is 0 Å². The van der Waals surface area contributed by atoms with Crippen molar-refractivity contribution in [2.24, 2.45) is 17.8 Å². The zero-order valence-electron chi connectivity index (χ0n) is 24.9. The molecule has 8 atom stereocenters. The van der Waals surface area contributed by atoms with Crippen LogP contribution in [0.4, 0.5) is 0 Å². The molecule has 5 N–H and O–H groups in total. The summed E-state index contributed by atoms with van der Waals surface area (Å²) in [6.45, 7) is 5.96. The van der Waals surface area contributed by atoms with Crippen LogP contribution in [0.3, 0.4) is 0 Å². The van der Waals surface area contributed by atoms with E-state index in [0.29, 0.717) is 48.8 Å². The number of aliphatic hydroxyl groups excluding tert-OH is 3. The molecule has 13 heteroatoms. The number of carbonyl (C=O) groups excluding carboxylic acids is 1. The molecular weight excluding hydrogens is 612 g/mol. The summed E-state index contributed by atoms with van der Waals surface area (Å²) < 4.78 is 24.2. The number of carboxylic acid groups (broad SMARTS) is 1. The maximum atomic E-state index is 12.3. The number of ketones is 1.